The molecule has 39 heavy (non-hydrogen) atoms. The van der Waals surface area contributed by atoms with E-state index in [-0.39, 0.29) is 34.0 Å². The molecule has 1 fully saturated rings. The SMILES string of the molecule is CCCCCCCS(=O)(=O)c1ccc(NC(=O)c2cc(N3C[C@@H](N)[C@H](OC)C3)ccc2N(C)S(C)(=O)=O)cc1. The van der Waals surface area contributed by atoms with Gasteiger partial charge < -0.3 is 20.7 Å². The van der Waals surface area contributed by atoms with E-state index in [1.165, 1.54) is 31.3 Å². The third-order valence-electron chi connectivity index (χ3n) is 7.03. The van der Waals surface area contributed by atoms with Gasteiger partial charge in [0.1, 0.15) is 0 Å². The summed E-state index contributed by atoms with van der Waals surface area (Å²) in [4.78, 5) is 15.6. The maximum Gasteiger partial charge on any atom is 0.257 e. The third-order valence-corrected chi connectivity index (χ3v) is 10.0. The van der Waals surface area contributed by atoms with E-state index < -0.39 is 25.8 Å². The topological polar surface area (TPSA) is 139 Å². The number of sulfone groups is 1. The van der Waals surface area contributed by atoms with Crippen LogP contribution < -0.4 is 20.3 Å². The van der Waals surface area contributed by atoms with Crippen molar-refractivity contribution in [3.8, 4) is 0 Å². The molecule has 1 amide bonds. The molecule has 0 aromatic heterocycles. The fraction of sp³-hybridized carbons (Fsp3) is 0.519. The van der Waals surface area contributed by atoms with Crippen molar-refractivity contribution in [1.29, 1.82) is 0 Å². The summed E-state index contributed by atoms with van der Waals surface area (Å²) in [6.07, 6.45) is 5.60. The number of nitrogens with zero attached hydrogens (tertiary/aromatic N) is 2. The Kier molecular flexibility index (Phi) is 10.4. The van der Waals surface area contributed by atoms with Gasteiger partial charge in [0.15, 0.2) is 9.84 Å². The van der Waals surface area contributed by atoms with Crippen LogP contribution in [0.4, 0.5) is 17.1 Å². The molecule has 216 valence electrons. The van der Waals surface area contributed by atoms with E-state index in [9.17, 15) is 21.6 Å². The first kappa shape index (κ1) is 30.9. The van der Waals surface area contributed by atoms with Gasteiger partial charge in [-0.15, -0.1) is 0 Å². The molecule has 2 aromatic carbocycles. The normalized spacial score (nSPS) is 17.8. The van der Waals surface area contributed by atoms with Gasteiger partial charge >= 0.3 is 0 Å². The van der Waals surface area contributed by atoms with Crippen molar-refractivity contribution in [2.45, 2.75) is 56.1 Å². The quantitative estimate of drug-likeness (QED) is 0.344. The lowest BCUT2D eigenvalue weighted by Gasteiger charge is -2.24. The highest BCUT2D eigenvalue weighted by atomic mass is 32.2. The zero-order valence-corrected chi connectivity index (χ0v) is 24.7. The minimum atomic E-state index is -3.64. The van der Waals surface area contributed by atoms with Gasteiger partial charge in [0.25, 0.3) is 5.91 Å². The first-order chi connectivity index (χ1) is 18.4. The summed E-state index contributed by atoms with van der Waals surface area (Å²) < 4.78 is 56.4. The Labute approximate surface area is 232 Å². The molecule has 1 heterocycles. The average Bonchev–Trinajstić information content (AvgIpc) is 3.28. The number of amides is 1. The molecular formula is C27H40N4O6S2. The standard InChI is InChI=1S/C27H40N4O6S2/c1-5-6-7-8-9-16-39(35,36)22-13-10-20(11-14-22)29-27(32)23-17-21(31-18-24(28)26(19-31)37-3)12-15-25(23)30(2)38(4,33)34/h10-15,17,24,26H,5-9,16,18-19,28H2,1-4H3,(H,29,32)/t24-,26-/m1/s1. The largest absolute Gasteiger partial charge is 0.378 e. The number of ether oxygens (including phenoxy) is 1. The second-order valence-electron chi connectivity index (χ2n) is 9.99. The fourth-order valence-electron chi connectivity index (χ4n) is 4.57. The molecule has 3 rings (SSSR count). The van der Waals surface area contributed by atoms with Crippen molar-refractivity contribution in [3.05, 3.63) is 48.0 Å². The average molecular weight is 581 g/mol. The van der Waals surface area contributed by atoms with Crippen LogP contribution in [0.2, 0.25) is 0 Å². The number of carbonyl (C=O) groups excluding carboxylic acids is 1. The molecule has 2 atom stereocenters. The summed E-state index contributed by atoms with van der Waals surface area (Å²) in [5.74, 6) is -0.443. The molecule has 0 aliphatic carbocycles. The molecule has 3 N–H and O–H groups in total. The minimum Gasteiger partial charge on any atom is -0.378 e. The van der Waals surface area contributed by atoms with Crippen LogP contribution in [0, 0.1) is 0 Å². The second kappa shape index (κ2) is 13.1. The molecule has 0 spiro atoms. The van der Waals surface area contributed by atoms with E-state index >= 15 is 0 Å². The first-order valence-electron chi connectivity index (χ1n) is 13.1. The number of nitrogens with one attached hydrogen (secondary N) is 1. The van der Waals surface area contributed by atoms with Gasteiger partial charge in [0, 0.05) is 38.6 Å². The van der Waals surface area contributed by atoms with Crippen molar-refractivity contribution >= 4 is 42.8 Å². The van der Waals surface area contributed by atoms with E-state index in [1.54, 1.807) is 25.3 Å². The van der Waals surface area contributed by atoms with E-state index in [1.807, 2.05) is 4.90 Å². The number of carbonyl (C=O) groups is 1. The predicted molar refractivity (Wildman–Crippen MR) is 156 cm³/mol. The third kappa shape index (κ3) is 7.93. The lowest BCUT2D eigenvalue weighted by Crippen LogP contribution is -2.34. The Morgan fingerprint density at radius 3 is 2.31 bits per heavy atom. The van der Waals surface area contributed by atoms with Gasteiger partial charge in [0.05, 0.1) is 40.3 Å². The second-order valence-corrected chi connectivity index (χ2v) is 14.1. The molecule has 2 aromatic rings. The van der Waals surface area contributed by atoms with Crippen molar-refractivity contribution in [3.63, 3.8) is 0 Å². The Morgan fingerprint density at radius 1 is 1.05 bits per heavy atom. The minimum absolute atomic E-state index is 0.0838. The zero-order chi connectivity index (χ0) is 28.8. The monoisotopic (exact) mass is 580 g/mol. The summed E-state index contributed by atoms with van der Waals surface area (Å²) in [6.45, 7) is 3.17. The van der Waals surface area contributed by atoms with Gasteiger partial charge in [-0.3, -0.25) is 9.10 Å². The number of rotatable bonds is 13. The van der Waals surface area contributed by atoms with E-state index in [4.69, 9.17) is 10.5 Å². The number of hydrogen-bond donors (Lipinski definition) is 2. The van der Waals surface area contributed by atoms with Crippen molar-refractivity contribution in [2.24, 2.45) is 5.73 Å². The van der Waals surface area contributed by atoms with Crippen LogP contribution in [0.1, 0.15) is 49.4 Å². The number of benzene rings is 2. The molecular weight excluding hydrogens is 540 g/mol. The van der Waals surface area contributed by atoms with Crippen LogP contribution in [0.5, 0.6) is 0 Å². The number of unbranched alkanes of at least 4 members (excludes halogenated alkanes) is 4. The zero-order valence-electron chi connectivity index (χ0n) is 23.1. The van der Waals surface area contributed by atoms with E-state index in [0.717, 1.165) is 36.2 Å². The van der Waals surface area contributed by atoms with Crippen LogP contribution in [0.15, 0.2) is 47.4 Å². The Balaban J connectivity index is 1.81. The summed E-state index contributed by atoms with van der Waals surface area (Å²) in [7, 11) is -4.07. The smallest absolute Gasteiger partial charge is 0.257 e. The highest BCUT2D eigenvalue weighted by Crippen LogP contribution is 2.30. The van der Waals surface area contributed by atoms with Gasteiger partial charge in [-0.05, 0) is 48.9 Å². The molecule has 0 bridgehead atoms. The highest BCUT2D eigenvalue weighted by molar-refractivity contribution is 7.92. The Hall–Kier alpha value is -2.67. The van der Waals surface area contributed by atoms with Gasteiger partial charge in [0.2, 0.25) is 10.0 Å². The lowest BCUT2D eigenvalue weighted by atomic mass is 10.1. The van der Waals surface area contributed by atoms with E-state index in [0.29, 0.717) is 30.9 Å². The first-order valence-corrected chi connectivity index (χ1v) is 16.6. The lowest BCUT2D eigenvalue weighted by molar-refractivity contribution is 0.102. The van der Waals surface area contributed by atoms with Crippen LogP contribution in [0.25, 0.3) is 0 Å². The van der Waals surface area contributed by atoms with Gasteiger partial charge in [-0.25, -0.2) is 16.8 Å². The van der Waals surface area contributed by atoms with Gasteiger partial charge in [-0.1, -0.05) is 32.6 Å². The summed E-state index contributed by atoms with van der Waals surface area (Å²) in [5.41, 5.74) is 7.63. The molecule has 1 aliphatic heterocycles. The Morgan fingerprint density at radius 2 is 1.72 bits per heavy atom. The van der Waals surface area contributed by atoms with Gasteiger partial charge in [-0.2, -0.15) is 0 Å². The van der Waals surface area contributed by atoms with E-state index in [2.05, 4.69) is 12.2 Å². The molecule has 1 aliphatic rings. The number of sulfonamides is 1. The summed E-state index contributed by atoms with van der Waals surface area (Å²) in [6, 6.07) is 10.8. The maximum absolute atomic E-state index is 13.4. The summed E-state index contributed by atoms with van der Waals surface area (Å²) in [5, 5.41) is 2.77. The van der Waals surface area contributed by atoms with Crippen LogP contribution in [-0.4, -0.2) is 74.1 Å². The Bertz CT molecular complexity index is 1350. The van der Waals surface area contributed by atoms with Crippen LogP contribution in [0.3, 0.4) is 0 Å². The molecule has 1 saturated heterocycles. The fourth-order valence-corrected chi connectivity index (χ4v) is 6.46. The van der Waals surface area contributed by atoms with Crippen molar-refractivity contribution in [2.75, 3.05) is 53.8 Å². The predicted octanol–water partition coefficient (Wildman–Crippen LogP) is 3.24. The summed E-state index contributed by atoms with van der Waals surface area (Å²) >= 11 is 0. The molecule has 10 nitrogen and oxygen atoms in total. The number of hydrogen-bond acceptors (Lipinski definition) is 8. The molecule has 12 heteroatoms. The maximum atomic E-state index is 13.4. The molecule has 0 radical (unpaired) electrons. The van der Waals surface area contributed by atoms with Crippen molar-refractivity contribution in [1.82, 2.24) is 0 Å². The molecule has 0 unspecified atom stereocenters. The number of methoxy groups -OCH3 is 1. The van der Waals surface area contributed by atoms with Crippen LogP contribution in [-0.2, 0) is 24.6 Å². The van der Waals surface area contributed by atoms with Crippen molar-refractivity contribution < 1.29 is 26.4 Å². The molecule has 0 saturated carbocycles. The number of anilines is 3. The highest BCUT2D eigenvalue weighted by Gasteiger charge is 2.31. The number of nitrogens with two attached hydrogens (primary N) is 1. The van der Waals surface area contributed by atoms with Crippen LogP contribution >= 0.6 is 0 Å².